The minimum absolute atomic E-state index is 0.0226. The zero-order valence-electron chi connectivity index (χ0n) is 12.7. The zero-order valence-corrected chi connectivity index (χ0v) is 12.7. The van der Waals surface area contributed by atoms with Crippen LogP contribution in [0.3, 0.4) is 0 Å². The summed E-state index contributed by atoms with van der Waals surface area (Å²) in [5.74, 6) is 2.22. The van der Waals surface area contributed by atoms with E-state index in [1.54, 1.807) is 0 Å². The number of rotatable bonds is 7. The summed E-state index contributed by atoms with van der Waals surface area (Å²) in [4.78, 5) is 0. The van der Waals surface area contributed by atoms with Crippen LogP contribution in [0.4, 0.5) is 0 Å². The maximum atomic E-state index is 9.19. The standard InChI is InChI=1S/C18H23NO2/c1-14(2)11-19-12-16-7-3-4-9-18(16)21-17-8-5-6-15(10-17)13-20/h3-10,14,19-20H,11-13H2,1-2H3. The maximum absolute atomic E-state index is 9.19. The highest BCUT2D eigenvalue weighted by atomic mass is 16.5. The molecule has 0 radical (unpaired) electrons. The van der Waals surface area contributed by atoms with E-state index in [4.69, 9.17) is 4.74 Å². The third-order valence-electron chi connectivity index (χ3n) is 3.15. The summed E-state index contributed by atoms with van der Waals surface area (Å²) in [5, 5.41) is 12.6. The number of para-hydroxylation sites is 1. The van der Waals surface area contributed by atoms with E-state index < -0.39 is 0 Å². The molecule has 0 atom stereocenters. The lowest BCUT2D eigenvalue weighted by atomic mass is 10.1. The number of aliphatic hydroxyl groups excluding tert-OH is 1. The molecule has 0 saturated carbocycles. The van der Waals surface area contributed by atoms with Gasteiger partial charge in [0.15, 0.2) is 0 Å². The minimum Gasteiger partial charge on any atom is -0.457 e. The summed E-state index contributed by atoms with van der Waals surface area (Å²) in [6.45, 7) is 6.17. The summed E-state index contributed by atoms with van der Waals surface area (Å²) < 4.78 is 5.96. The summed E-state index contributed by atoms with van der Waals surface area (Å²) in [6.07, 6.45) is 0. The second-order valence-corrected chi connectivity index (χ2v) is 5.54. The van der Waals surface area contributed by atoms with Crippen LogP contribution < -0.4 is 10.1 Å². The third-order valence-corrected chi connectivity index (χ3v) is 3.15. The van der Waals surface area contributed by atoms with Crippen LogP contribution >= 0.6 is 0 Å². The molecule has 0 amide bonds. The first-order chi connectivity index (χ1) is 10.2. The largest absolute Gasteiger partial charge is 0.457 e. The number of benzene rings is 2. The predicted molar refractivity (Wildman–Crippen MR) is 85.4 cm³/mol. The van der Waals surface area contributed by atoms with Gasteiger partial charge in [-0.1, -0.05) is 44.2 Å². The van der Waals surface area contributed by atoms with Crippen molar-refractivity contribution in [3.05, 3.63) is 59.7 Å². The molecule has 3 heteroatoms. The first-order valence-corrected chi connectivity index (χ1v) is 7.35. The van der Waals surface area contributed by atoms with Crippen molar-refractivity contribution in [1.29, 1.82) is 0 Å². The molecule has 2 N–H and O–H groups in total. The Balaban J connectivity index is 2.08. The molecule has 2 aromatic carbocycles. The van der Waals surface area contributed by atoms with Gasteiger partial charge in [0.05, 0.1) is 6.61 Å². The number of aliphatic hydroxyl groups is 1. The van der Waals surface area contributed by atoms with Crippen molar-refractivity contribution in [3.8, 4) is 11.5 Å². The number of ether oxygens (including phenoxy) is 1. The van der Waals surface area contributed by atoms with Crippen LogP contribution in [0.15, 0.2) is 48.5 Å². The van der Waals surface area contributed by atoms with E-state index in [1.165, 1.54) is 0 Å². The first-order valence-electron chi connectivity index (χ1n) is 7.35. The van der Waals surface area contributed by atoms with Gasteiger partial charge in [-0.2, -0.15) is 0 Å². The lowest BCUT2D eigenvalue weighted by Gasteiger charge is -2.13. The topological polar surface area (TPSA) is 41.5 Å². The Hall–Kier alpha value is -1.84. The molecule has 2 rings (SSSR count). The van der Waals surface area contributed by atoms with Gasteiger partial charge in [0.1, 0.15) is 11.5 Å². The van der Waals surface area contributed by atoms with Gasteiger partial charge in [0.25, 0.3) is 0 Å². The van der Waals surface area contributed by atoms with Gasteiger partial charge < -0.3 is 15.2 Å². The van der Waals surface area contributed by atoms with Gasteiger partial charge in [-0.25, -0.2) is 0 Å². The van der Waals surface area contributed by atoms with E-state index in [0.29, 0.717) is 5.92 Å². The van der Waals surface area contributed by atoms with Crippen LogP contribution in [0.5, 0.6) is 11.5 Å². The average Bonchev–Trinajstić information content (AvgIpc) is 2.49. The summed E-state index contributed by atoms with van der Waals surface area (Å²) >= 11 is 0. The molecule has 0 aromatic heterocycles. The highest BCUT2D eigenvalue weighted by Crippen LogP contribution is 2.25. The molecule has 0 aliphatic carbocycles. The second-order valence-electron chi connectivity index (χ2n) is 5.54. The Morgan fingerprint density at radius 2 is 1.90 bits per heavy atom. The number of nitrogens with one attached hydrogen (secondary N) is 1. The molecule has 2 aromatic rings. The van der Waals surface area contributed by atoms with E-state index in [2.05, 4.69) is 25.2 Å². The Kier molecular flexibility index (Phi) is 5.78. The van der Waals surface area contributed by atoms with E-state index >= 15 is 0 Å². The summed E-state index contributed by atoms with van der Waals surface area (Å²) in [7, 11) is 0. The second kappa shape index (κ2) is 7.81. The fraction of sp³-hybridized carbons (Fsp3) is 0.333. The predicted octanol–water partition coefficient (Wildman–Crippen LogP) is 3.72. The highest BCUT2D eigenvalue weighted by molar-refractivity contribution is 5.38. The van der Waals surface area contributed by atoms with Gasteiger partial charge in [-0.15, -0.1) is 0 Å². The molecule has 0 saturated heterocycles. The van der Waals surface area contributed by atoms with Gasteiger partial charge >= 0.3 is 0 Å². The molecule has 0 unspecified atom stereocenters. The molecular weight excluding hydrogens is 262 g/mol. The quantitative estimate of drug-likeness (QED) is 0.814. The van der Waals surface area contributed by atoms with Crippen molar-refractivity contribution in [2.24, 2.45) is 5.92 Å². The molecule has 0 bridgehead atoms. The average molecular weight is 285 g/mol. The SMILES string of the molecule is CC(C)CNCc1ccccc1Oc1cccc(CO)c1. The number of hydrogen-bond acceptors (Lipinski definition) is 3. The minimum atomic E-state index is 0.0226. The fourth-order valence-corrected chi connectivity index (χ4v) is 2.08. The molecule has 0 aliphatic rings. The fourth-order valence-electron chi connectivity index (χ4n) is 2.08. The first kappa shape index (κ1) is 15.5. The smallest absolute Gasteiger partial charge is 0.131 e. The van der Waals surface area contributed by atoms with Crippen molar-refractivity contribution in [2.75, 3.05) is 6.54 Å². The Labute approximate surface area is 126 Å². The van der Waals surface area contributed by atoms with Gasteiger partial charge in [0.2, 0.25) is 0 Å². The molecule has 21 heavy (non-hydrogen) atoms. The third kappa shape index (κ3) is 4.88. The molecule has 0 fully saturated rings. The normalized spacial score (nSPS) is 10.9. The molecule has 0 heterocycles. The Bertz CT molecular complexity index is 567. The molecule has 112 valence electrons. The molecule has 0 spiro atoms. The van der Waals surface area contributed by atoms with Crippen LogP contribution in [0.1, 0.15) is 25.0 Å². The van der Waals surface area contributed by atoms with Gasteiger partial charge in [-0.05, 0) is 36.2 Å². The maximum Gasteiger partial charge on any atom is 0.131 e. The van der Waals surface area contributed by atoms with Crippen LogP contribution in [0.2, 0.25) is 0 Å². The van der Waals surface area contributed by atoms with E-state index in [-0.39, 0.29) is 6.61 Å². The highest BCUT2D eigenvalue weighted by Gasteiger charge is 2.05. The van der Waals surface area contributed by atoms with E-state index in [1.807, 2.05) is 42.5 Å². The van der Waals surface area contributed by atoms with Crippen molar-refractivity contribution in [2.45, 2.75) is 27.0 Å². The van der Waals surface area contributed by atoms with Crippen LogP contribution in [-0.2, 0) is 13.2 Å². The zero-order chi connectivity index (χ0) is 15.1. The summed E-state index contributed by atoms with van der Waals surface area (Å²) in [6, 6.07) is 15.6. The van der Waals surface area contributed by atoms with Gasteiger partial charge in [-0.3, -0.25) is 0 Å². The van der Waals surface area contributed by atoms with Crippen molar-refractivity contribution in [3.63, 3.8) is 0 Å². The molecule has 3 nitrogen and oxygen atoms in total. The van der Waals surface area contributed by atoms with E-state index in [0.717, 1.165) is 35.7 Å². The summed E-state index contributed by atoms with van der Waals surface area (Å²) in [5.41, 5.74) is 1.98. The molecular formula is C18H23NO2. The number of hydrogen-bond donors (Lipinski definition) is 2. The van der Waals surface area contributed by atoms with Crippen molar-refractivity contribution in [1.82, 2.24) is 5.32 Å². The van der Waals surface area contributed by atoms with Crippen molar-refractivity contribution < 1.29 is 9.84 Å². The molecule has 0 aliphatic heterocycles. The van der Waals surface area contributed by atoms with Crippen LogP contribution in [0, 0.1) is 5.92 Å². The van der Waals surface area contributed by atoms with E-state index in [9.17, 15) is 5.11 Å². The van der Waals surface area contributed by atoms with Gasteiger partial charge in [0, 0.05) is 12.1 Å². The lowest BCUT2D eigenvalue weighted by molar-refractivity contribution is 0.281. The van der Waals surface area contributed by atoms with Crippen LogP contribution in [0.25, 0.3) is 0 Å². The Morgan fingerprint density at radius 1 is 1.10 bits per heavy atom. The van der Waals surface area contributed by atoms with Crippen LogP contribution in [-0.4, -0.2) is 11.7 Å². The lowest BCUT2D eigenvalue weighted by Crippen LogP contribution is -2.19. The van der Waals surface area contributed by atoms with Crippen molar-refractivity contribution >= 4 is 0 Å². The Morgan fingerprint density at radius 3 is 2.67 bits per heavy atom. The monoisotopic (exact) mass is 285 g/mol.